The summed E-state index contributed by atoms with van der Waals surface area (Å²) in [6, 6.07) is 11.4. The van der Waals surface area contributed by atoms with Crippen LogP contribution in [0.2, 0.25) is 5.02 Å². The zero-order valence-corrected chi connectivity index (χ0v) is 15.7. The van der Waals surface area contributed by atoms with E-state index >= 15 is 0 Å². The number of carbonyl (C=O) groups excluding carboxylic acids is 1. The predicted molar refractivity (Wildman–Crippen MR) is 103 cm³/mol. The predicted octanol–water partition coefficient (Wildman–Crippen LogP) is 4.41. The molecule has 25 heavy (non-hydrogen) atoms. The number of hydrogen-bond donors (Lipinski definition) is 1. The van der Waals surface area contributed by atoms with Gasteiger partial charge in [0.05, 0.1) is 6.10 Å². The van der Waals surface area contributed by atoms with Crippen molar-refractivity contribution in [3.63, 3.8) is 0 Å². The molecule has 0 bridgehead atoms. The lowest BCUT2D eigenvalue weighted by atomic mass is 10.2. The van der Waals surface area contributed by atoms with Crippen molar-refractivity contribution >= 4 is 34.5 Å². The molecular formula is C19H23ClN2O2S. The second-order valence-corrected chi connectivity index (χ2v) is 7.73. The summed E-state index contributed by atoms with van der Waals surface area (Å²) in [5, 5.41) is 5.62. The van der Waals surface area contributed by atoms with Crippen LogP contribution in [-0.4, -0.2) is 36.6 Å². The van der Waals surface area contributed by atoms with Gasteiger partial charge in [0, 0.05) is 48.2 Å². The van der Waals surface area contributed by atoms with E-state index in [0.29, 0.717) is 18.0 Å². The quantitative estimate of drug-likeness (QED) is 0.739. The highest BCUT2D eigenvalue weighted by molar-refractivity contribution is 7.09. The molecule has 1 aromatic heterocycles. The van der Waals surface area contributed by atoms with Gasteiger partial charge in [0.2, 0.25) is 5.91 Å². The van der Waals surface area contributed by atoms with Gasteiger partial charge in [-0.1, -0.05) is 23.7 Å². The van der Waals surface area contributed by atoms with Gasteiger partial charge >= 0.3 is 0 Å². The second kappa shape index (κ2) is 9.34. The third-order valence-corrected chi connectivity index (χ3v) is 5.31. The van der Waals surface area contributed by atoms with Crippen LogP contribution in [-0.2, 0) is 16.1 Å². The third-order valence-electron chi connectivity index (χ3n) is 4.21. The number of halogens is 1. The van der Waals surface area contributed by atoms with Crippen molar-refractivity contribution in [1.29, 1.82) is 0 Å². The molecule has 1 saturated heterocycles. The number of amides is 1. The monoisotopic (exact) mass is 378 g/mol. The van der Waals surface area contributed by atoms with E-state index in [4.69, 9.17) is 16.3 Å². The average Bonchev–Trinajstić information content (AvgIpc) is 3.26. The first kappa shape index (κ1) is 18.4. The molecule has 1 atom stereocenters. The lowest BCUT2D eigenvalue weighted by Crippen LogP contribution is -2.34. The van der Waals surface area contributed by atoms with E-state index in [1.54, 1.807) is 23.5 Å². The molecule has 1 N–H and O–H groups in total. The Morgan fingerprint density at radius 1 is 1.36 bits per heavy atom. The summed E-state index contributed by atoms with van der Waals surface area (Å²) in [5.41, 5.74) is 0.737. The zero-order valence-electron chi connectivity index (χ0n) is 14.1. The molecule has 0 spiro atoms. The third kappa shape index (κ3) is 6.12. The van der Waals surface area contributed by atoms with Gasteiger partial charge in [-0.25, -0.2) is 0 Å². The molecule has 2 aromatic rings. The molecule has 0 saturated carbocycles. The number of anilines is 1. The molecule has 0 unspecified atom stereocenters. The largest absolute Gasteiger partial charge is 0.377 e. The molecule has 6 heteroatoms. The molecule has 3 rings (SSSR count). The van der Waals surface area contributed by atoms with Crippen molar-refractivity contribution in [2.75, 3.05) is 25.0 Å². The normalized spacial score (nSPS) is 17.1. The number of hydrogen-bond acceptors (Lipinski definition) is 4. The second-order valence-electron chi connectivity index (χ2n) is 6.26. The van der Waals surface area contributed by atoms with E-state index in [0.717, 1.165) is 38.2 Å². The number of nitrogens with one attached hydrogen (secondary N) is 1. The average molecular weight is 379 g/mol. The Morgan fingerprint density at radius 3 is 3.00 bits per heavy atom. The van der Waals surface area contributed by atoms with E-state index in [1.807, 2.05) is 12.1 Å². The Labute approximate surface area is 157 Å². The molecule has 1 aliphatic heterocycles. The first-order chi connectivity index (χ1) is 12.2. The van der Waals surface area contributed by atoms with Crippen LogP contribution in [0.25, 0.3) is 0 Å². The Hall–Kier alpha value is -1.40. The summed E-state index contributed by atoms with van der Waals surface area (Å²) in [4.78, 5) is 15.9. The Bertz CT molecular complexity index is 672. The van der Waals surface area contributed by atoms with Crippen molar-refractivity contribution < 1.29 is 9.53 Å². The summed E-state index contributed by atoms with van der Waals surface area (Å²) < 4.78 is 5.76. The Balaban J connectivity index is 1.52. The van der Waals surface area contributed by atoms with Gasteiger partial charge in [0.1, 0.15) is 0 Å². The molecule has 1 amide bonds. The minimum absolute atomic E-state index is 0.00536. The van der Waals surface area contributed by atoms with Gasteiger partial charge in [0.15, 0.2) is 0 Å². The lowest BCUT2D eigenvalue weighted by Gasteiger charge is -2.24. The van der Waals surface area contributed by atoms with Crippen LogP contribution < -0.4 is 5.32 Å². The molecular weight excluding hydrogens is 356 g/mol. The fourth-order valence-electron chi connectivity index (χ4n) is 2.98. The molecule has 2 heterocycles. The lowest BCUT2D eigenvalue weighted by molar-refractivity contribution is -0.116. The zero-order chi connectivity index (χ0) is 17.5. The van der Waals surface area contributed by atoms with Gasteiger partial charge in [-0.15, -0.1) is 11.3 Å². The highest BCUT2D eigenvalue weighted by Gasteiger charge is 2.20. The van der Waals surface area contributed by atoms with E-state index in [1.165, 1.54) is 4.88 Å². The van der Waals surface area contributed by atoms with Crippen molar-refractivity contribution in [1.82, 2.24) is 4.90 Å². The van der Waals surface area contributed by atoms with Crippen LogP contribution in [0.15, 0.2) is 41.8 Å². The summed E-state index contributed by atoms with van der Waals surface area (Å²) in [7, 11) is 0. The van der Waals surface area contributed by atoms with Crippen molar-refractivity contribution in [3.8, 4) is 0 Å². The molecule has 134 valence electrons. The summed E-state index contributed by atoms with van der Waals surface area (Å²) in [6.07, 6.45) is 2.98. The number of ether oxygens (including phenoxy) is 1. The number of nitrogens with zero attached hydrogens (tertiary/aromatic N) is 1. The molecule has 0 aliphatic carbocycles. The minimum atomic E-state index is 0.00536. The van der Waals surface area contributed by atoms with E-state index in [2.05, 4.69) is 27.7 Å². The SMILES string of the molecule is O=C(CCN(Cc1cccs1)C[C@@H]1CCCO1)Nc1cccc(Cl)c1. The fourth-order valence-corrected chi connectivity index (χ4v) is 3.92. The van der Waals surface area contributed by atoms with Crippen molar-refractivity contribution in [2.45, 2.75) is 31.9 Å². The van der Waals surface area contributed by atoms with Crippen LogP contribution in [0, 0.1) is 0 Å². The molecule has 1 aliphatic rings. The van der Waals surface area contributed by atoms with E-state index in [9.17, 15) is 4.79 Å². The molecule has 1 fully saturated rings. The van der Waals surface area contributed by atoms with E-state index in [-0.39, 0.29) is 12.0 Å². The van der Waals surface area contributed by atoms with Crippen LogP contribution in [0.5, 0.6) is 0 Å². The van der Waals surface area contributed by atoms with Crippen LogP contribution >= 0.6 is 22.9 Å². The van der Waals surface area contributed by atoms with Crippen molar-refractivity contribution in [2.24, 2.45) is 0 Å². The van der Waals surface area contributed by atoms with Crippen molar-refractivity contribution in [3.05, 3.63) is 51.7 Å². The standard InChI is InChI=1S/C19H23ClN2O2S/c20-15-4-1-5-16(12-15)21-19(23)8-9-22(13-17-6-2-10-24-17)14-18-7-3-11-25-18/h1,3-5,7,11-12,17H,2,6,8-10,13-14H2,(H,21,23)/t17-/m0/s1. The maximum atomic E-state index is 12.3. The first-order valence-corrected chi connectivity index (χ1v) is 9.86. The molecule has 4 nitrogen and oxygen atoms in total. The Morgan fingerprint density at radius 2 is 2.28 bits per heavy atom. The Kier molecular flexibility index (Phi) is 6.87. The maximum Gasteiger partial charge on any atom is 0.225 e. The fraction of sp³-hybridized carbons (Fsp3) is 0.421. The minimum Gasteiger partial charge on any atom is -0.377 e. The number of benzene rings is 1. The van der Waals surface area contributed by atoms with Gasteiger partial charge < -0.3 is 10.1 Å². The first-order valence-electron chi connectivity index (χ1n) is 8.61. The van der Waals surface area contributed by atoms with E-state index < -0.39 is 0 Å². The van der Waals surface area contributed by atoms with Crippen LogP contribution in [0.1, 0.15) is 24.1 Å². The highest BCUT2D eigenvalue weighted by atomic mass is 35.5. The number of rotatable bonds is 8. The van der Waals surface area contributed by atoms with Crippen LogP contribution in [0.3, 0.4) is 0 Å². The number of carbonyl (C=O) groups is 1. The smallest absolute Gasteiger partial charge is 0.225 e. The molecule has 1 aromatic carbocycles. The van der Waals surface area contributed by atoms with Gasteiger partial charge in [-0.2, -0.15) is 0 Å². The van der Waals surface area contributed by atoms with Gasteiger partial charge in [-0.05, 0) is 42.5 Å². The summed E-state index contributed by atoms with van der Waals surface area (Å²) >= 11 is 7.71. The summed E-state index contributed by atoms with van der Waals surface area (Å²) in [5.74, 6) is 0.00536. The number of thiophene rings is 1. The van der Waals surface area contributed by atoms with Crippen LogP contribution in [0.4, 0.5) is 5.69 Å². The van der Waals surface area contributed by atoms with Gasteiger partial charge in [-0.3, -0.25) is 9.69 Å². The maximum absolute atomic E-state index is 12.3. The molecule has 0 radical (unpaired) electrons. The highest BCUT2D eigenvalue weighted by Crippen LogP contribution is 2.18. The summed E-state index contributed by atoms with van der Waals surface area (Å²) in [6.45, 7) is 3.31. The van der Waals surface area contributed by atoms with Gasteiger partial charge in [0.25, 0.3) is 0 Å². The topological polar surface area (TPSA) is 41.6 Å².